The molecule has 1 atom stereocenters. The summed E-state index contributed by atoms with van der Waals surface area (Å²) in [6.45, 7) is 4.84. The van der Waals surface area contributed by atoms with Crippen molar-refractivity contribution in [3.8, 4) is 0 Å². The van der Waals surface area contributed by atoms with Gasteiger partial charge in [0.15, 0.2) is 0 Å². The Hall–Kier alpha value is -0.900. The lowest BCUT2D eigenvalue weighted by atomic mass is 10.2. The summed E-state index contributed by atoms with van der Waals surface area (Å²) in [5.74, 6) is 0. The van der Waals surface area contributed by atoms with Crippen molar-refractivity contribution in [3.63, 3.8) is 0 Å². The normalized spacial score (nSPS) is 12.9. The second-order valence-corrected chi connectivity index (χ2v) is 4.77. The van der Waals surface area contributed by atoms with Crippen LogP contribution in [0.5, 0.6) is 0 Å². The fourth-order valence-electron chi connectivity index (χ4n) is 1.82. The monoisotopic (exact) mass is 251 g/mol. The van der Waals surface area contributed by atoms with Gasteiger partial charge in [-0.2, -0.15) is 0 Å². The van der Waals surface area contributed by atoms with Gasteiger partial charge < -0.3 is 14.7 Å². The highest BCUT2D eigenvalue weighted by Gasteiger charge is 2.07. The summed E-state index contributed by atoms with van der Waals surface area (Å²) < 4.78 is 5.51. The smallest absolute Gasteiger partial charge is 0.0900 e. The molecule has 1 unspecified atom stereocenters. The van der Waals surface area contributed by atoms with Gasteiger partial charge in [-0.15, -0.1) is 0 Å². The molecule has 1 N–H and O–H groups in total. The van der Waals surface area contributed by atoms with Crippen LogP contribution in [-0.2, 0) is 11.3 Å². The number of hydrogen-bond acceptors (Lipinski definition) is 3. The summed E-state index contributed by atoms with van der Waals surface area (Å²) in [5, 5.41) is 9.83. The second kappa shape index (κ2) is 9.09. The minimum Gasteiger partial charge on any atom is -0.389 e. The molecule has 0 heterocycles. The second-order valence-electron chi connectivity index (χ2n) is 4.77. The van der Waals surface area contributed by atoms with Crippen molar-refractivity contribution >= 4 is 0 Å². The van der Waals surface area contributed by atoms with Crippen molar-refractivity contribution in [3.05, 3.63) is 35.9 Å². The zero-order chi connectivity index (χ0) is 13.2. The minimum atomic E-state index is -0.407. The van der Waals surface area contributed by atoms with E-state index in [-0.39, 0.29) is 0 Å². The van der Waals surface area contributed by atoms with Gasteiger partial charge in [0.2, 0.25) is 0 Å². The molecule has 18 heavy (non-hydrogen) atoms. The molecule has 0 aliphatic rings. The first kappa shape index (κ1) is 15.2. The van der Waals surface area contributed by atoms with Crippen LogP contribution in [0.1, 0.15) is 25.3 Å². The average Bonchev–Trinajstić information content (AvgIpc) is 2.37. The third-order valence-electron chi connectivity index (χ3n) is 2.84. The summed E-state index contributed by atoms with van der Waals surface area (Å²) in [7, 11) is 2.04. The Labute approximate surface area is 110 Å². The Morgan fingerprint density at radius 1 is 1.28 bits per heavy atom. The van der Waals surface area contributed by atoms with Gasteiger partial charge in [-0.05, 0) is 25.6 Å². The van der Waals surface area contributed by atoms with E-state index in [4.69, 9.17) is 4.74 Å². The average molecular weight is 251 g/mol. The SMILES string of the molecule is CCCCN(C)CC(O)COCc1ccccc1. The molecule has 0 aliphatic carbocycles. The van der Waals surface area contributed by atoms with Crippen molar-refractivity contribution in [1.82, 2.24) is 4.90 Å². The molecule has 1 rings (SSSR count). The van der Waals surface area contributed by atoms with Crippen LogP contribution in [0, 0.1) is 0 Å². The molecule has 0 aromatic heterocycles. The zero-order valence-corrected chi connectivity index (χ0v) is 11.5. The Kier molecular flexibility index (Phi) is 7.65. The highest BCUT2D eigenvalue weighted by molar-refractivity contribution is 5.13. The molecule has 0 spiro atoms. The Morgan fingerprint density at radius 2 is 2.00 bits per heavy atom. The summed E-state index contributed by atoms with van der Waals surface area (Å²) in [6.07, 6.45) is 1.95. The van der Waals surface area contributed by atoms with Crippen LogP contribution in [-0.4, -0.2) is 42.9 Å². The van der Waals surface area contributed by atoms with Crippen LogP contribution in [0.15, 0.2) is 30.3 Å². The lowest BCUT2D eigenvalue weighted by Crippen LogP contribution is -2.32. The Morgan fingerprint density at radius 3 is 2.67 bits per heavy atom. The molecule has 0 aliphatic heterocycles. The van der Waals surface area contributed by atoms with Crippen LogP contribution in [0.25, 0.3) is 0 Å². The van der Waals surface area contributed by atoms with Crippen LogP contribution in [0.4, 0.5) is 0 Å². The predicted molar refractivity (Wildman–Crippen MR) is 74.5 cm³/mol. The topological polar surface area (TPSA) is 32.7 Å². The van der Waals surface area contributed by atoms with Gasteiger partial charge in [0.1, 0.15) is 0 Å². The number of aliphatic hydroxyl groups excluding tert-OH is 1. The standard InChI is InChI=1S/C15H25NO2/c1-3-4-10-16(2)11-15(17)13-18-12-14-8-6-5-7-9-14/h5-9,15,17H,3-4,10-13H2,1-2H3. The number of nitrogens with zero attached hydrogens (tertiary/aromatic N) is 1. The van der Waals surface area contributed by atoms with E-state index < -0.39 is 6.10 Å². The summed E-state index contributed by atoms with van der Waals surface area (Å²) in [5.41, 5.74) is 1.14. The van der Waals surface area contributed by atoms with E-state index in [1.54, 1.807) is 0 Å². The fraction of sp³-hybridized carbons (Fsp3) is 0.600. The molecule has 0 fully saturated rings. The first-order valence-electron chi connectivity index (χ1n) is 6.70. The van der Waals surface area contributed by atoms with E-state index in [2.05, 4.69) is 11.8 Å². The van der Waals surface area contributed by atoms with Crippen LogP contribution >= 0.6 is 0 Å². The van der Waals surface area contributed by atoms with Gasteiger partial charge in [-0.1, -0.05) is 43.7 Å². The number of ether oxygens (including phenoxy) is 1. The van der Waals surface area contributed by atoms with Crippen LogP contribution in [0.2, 0.25) is 0 Å². The van der Waals surface area contributed by atoms with E-state index >= 15 is 0 Å². The molecule has 0 bridgehead atoms. The molecule has 1 aromatic rings. The van der Waals surface area contributed by atoms with E-state index in [1.807, 2.05) is 37.4 Å². The molecule has 3 nitrogen and oxygen atoms in total. The highest BCUT2D eigenvalue weighted by atomic mass is 16.5. The number of unbranched alkanes of at least 4 members (excludes halogenated alkanes) is 1. The van der Waals surface area contributed by atoms with Gasteiger partial charge in [-0.25, -0.2) is 0 Å². The van der Waals surface area contributed by atoms with Gasteiger partial charge >= 0.3 is 0 Å². The van der Waals surface area contributed by atoms with Crippen LogP contribution < -0.4 is 0 Å². The summed E-state index contributed by atoms with van der Waals surface area (Å²) in [6, 6.07) is 10.0. The van der Waals surface area contributed by atoms with Crippen molar-refractivity contribution in [2.45, 2.75) is 32.5 Å². The predicted octanol–water partition coefficient (Wildman–Crippen LogP) is 2.30. The van der Waals surface area contributed by atoms with E-state index in [0.717, 1.165) is 12.1 Å². The zero-order valence-electron chi connectivity index (χ0n) is 11.5. The summed E-state index contributed by atoms with van der Waals surface area (Å²) >= 11 is 0. The third kappa shape index (κ3) is 6.74. The number of likely N-dealkylation sites (N-methyl/N-ethyl adjacent to an activating group) is 1. The van der Waals surface area contributed by atoms with Crippen LogP contribution in [0.3, 0.4) is 0 Å². The third-order valence-corrected chi connectivity index (χ3v) is 2.84. The maximum Gasteiger partial charge on any atom is 0.0900 e. The largest absolute Gasteiger partial charge is 0.389 e. The molecule has 3 heteroatoms. The number of rotatable bonds is 9. The van der Waals surface area contributed by atoms with Gasteiger partial charge in [0, 0.05) is 6.54 Å². The lowest BCUT2D eigenvalue weighted by molar-refractivity contribution is 0.0136. The Bertz CT molecular complexity index is 303. The molecule has 0 saturated carbocycles. The Balaban J connectivity index is 2.11. The molecule has 1 aromatic carbocycles. The lowest BCUT2D eigenvalue weighted by Gasteiger charge is -2.20. The van der Waals surface area contributed by atoms with E-state index in [1.165, 1.54) is 12.8 Å². The highest BCUT2D eigenvalue weighted by Crippen LogP contribution is 2.01. The van der Waals surface area contributed by atoms with Crippen molar-refractivity contribution in [2.24, 2.45) is 0 Å². The number of aliphatic hydroxyl groups is 1. The first-order valence-corrected chi connectivity index (χ1v) is 6.70. The summed E-state index contributed by atoms with van der Waals surface area (Å²) in [4.78, 5) is 2.15. The number of benzene rings is 1. The molecular formula is C15H25NO2. The molecule has 0 saturated heterocycles. The van der Waals surface area contributed by atoms with Gasteiger partial charge in [0.05, 0.1) is 19.3 Å². The number of hydrogen-bond donors (Lipinski definition) is 1. The van der Waals surface area contributed by atoms with Gasteiger partial charge in [-0.3, -0.25) is 0 Å². The quantitative estimate of drug-likeness (QED) is 0.731. The van der Waals surface area contributed by atoms with E-state index in [9.17, 15) is 5.11 Å². The van der Waals surface area contributed by atoms with Crippen molar-refractivity contribution in [1.29, 1.82) is 0 Å². The molecular weight excluding hydrogens is 226 g/mol. The van der Waals surface area contributed by atoms with E-state index in [0.29, 0.717) is 19.8 Å². The maximum absolute atomic E-state index is 9.83. The van der Waals surface area contributed by atoms with Gasteiger partial charge in [0.25, 0.3) is 0 Å². The molecule has 0 amide bonds. The van der Waals surface area contributed by atoms with Crippen molar-refractivity contribution in [2.75, 3.05) is 26.7 Å². The fourth-order valence-corrected chi connectivity index (χ4v) is 1.82. The molecule has 0 radical (unpaired) electrons. The maximum atomic E-state index is 9.83. The van der Waals surface area contributed by atoms with Crippen molar-refractivity contribution < 1.29 is 9.84 Å². The molecule has 102 valence electrons. The minimum absolute atomic E-state index is 0.394. The first-order chi connectivity index (χ1) is 8.72.